The molecule has 0 amide bonds. The van der Waals surface area contributed by atoms with Gasteiger partial charge in [0, 0.05) is 19.3 Å². The molecule has 0 aromatic heterocycles. The lowest BCUT2D eigenvalue weighted by Gasteiger charge is -2.18. The number of unbranched alkanes of at least 4 members (excludes halogenated alkanes) is 34. The van der Waals surface area contributed by atoms with Crippen molar-refractivity contribution in [2.75, 3.05) is 13.2 Å². The molecule has 6 nitrogen and oxygen atoms in total. The quantitative estimate of drug-likeness (QED) is 0.0344. The Morgan fingerprint density at radius 3 is 0.803 bits per heavy atom. The summed E-state index contributed by atoms with van der Waals surface area (Å²) in [5, 5.41) is 0. The minimum Gasteiger partial charge on any atom is -0.462 e. The third kappa shape index (κ3) is 49.3. The minimum atomic E-state index is -0.762. The third-order valence-electron chi connectivity index (χ3n) is 12.5. The fourth-order valence-corrected chi connectivity index (χ4v) is 8.34. The van der Waals surface area contributed by atoms with E-state index in [4.69, 9.17) is 14.2 Å². The van der Waals surface area contributed by atoms with Crippen LogP contribution in [-0.2, 0) is 28.6 Å². The molecular formula is C55H106O6. The van der Waals surface area contributed by atoms with Gasteiger partial charge < -0.3 is 14.2 Å². The zero-order valence-corrected chi connectivity index (χ0v) is 41.8. The first-order chi connectivity index (χ1) is 29.7. The van der Waals surface area contributed by atoms with Gasteiger partial charge in [0.25, 0.3) is 0 Å². The molecule has 0 rings (SSSR count). The van der Waals surface area contributed by atoms with Crippen LogP contribution in [0.15, 0.2) is 0 Å². The number of carbonyl (C=O) groups excluding carboxylic acids is 3. The maximum atomic E-state index is 12.8. The molecule has 0 spiro atoms. The van der Waals surface area contributed by atoms with Crippen LogP contribution < -0.4 is 0 Å². The lowest BCUT2D eigenvalue weighted by molar-refractivity contribution is -0.167. The van der Waals surface area contributed by atoms with E-state index >= 15 is 0 Å². The van der Waals surface area contributed by atoms with Crippen LogP contribution in [0, 0.1) is 11.8 Å². The molecule has 0 fully saturated rings. The average Bonchev–Trinajstić information content (AvgIpc) is 3.23. The Bertz CT molecular complexity index is 931. The Balaban J connectivity index is 4.30. The lowest BCUT2D eigenvalue weighted by Crippen LogP contribution is -2.30. The molecular weight excluding hydrogens is 757 g/mol. The van der Waals surface area contributed by atoms with Crippen LogP contribution in [-0.4, -0.2) is 37.2 Å². The van der Waals surface area contributed by atoms with E-state index < -0.39 is 6.10 Å². The molecule has 0 aromatic carbocycles. The van der Waals surface area contributed by atoms with Gasteiger partial charge >= 0.3 is 17.9 Å². The zero-order valence-electron chi connectivity index (χ0n) is 41.8. The molecule has 6 heteroatoms. The highest BCUT2D eigenvalue weighted by atomic mass is 16.6. The lowest BCUT2D eigenvalue weighted by atomic mass is 10.0. The molecule has 0 heterocycles. The summed E-state index contributed by atoms with van der Waals surface area (Å²) in [5.41, 5.74) is 0. The van der Waals surface area contributed by atoms with Crippen LogP contribution in [0.3, 0.4) is 0 Å². The van der Waals surface area contributed by atoms with Crippen LogP contribution in [0.2, 0.25) is 0 Å². The molecule has 0 unspecified atom stereocenters. The second-order valence-corrected chi connectivity index (χ2v) is 19.8. The van der Waals surface area contributed by atoms with E-state index in [2.05, 4.69) is 34.6 Å². The predicted molar refractivity (Wildman–Crippen MR) is 261 cm³/mol. The van der Waals surface area contributed by atoms with Crippen LogP contribution in [0.25, 0.3) is 0 Å². The smallest absolute Gasteiger partial charge is 0.306 e. The van der Waals surface area contributed by atoms with Gasteiger partial charge in [0.1, 0.15) is 13.2 Å². The molecule has 0 aliphatic carbocycles. The predicted octanol–water partition coefficient (Wildman–Crippen LogP) is 17.7. The number of ether oxygens (including phenoxy) is 3. The van der Waals surface area contributed by atoms with E-state index in [0.29, 0.717) is 19.3 Å². The van der Waals surface area contributed by atoms with Crippen molar-refractivity contribution in [2.45, 2.75) is 310 Å². The molecule has 0 saturated carbocycles. The van der Waals surface area contributed by atoms with Crippen molar-refractivity contribution in [3.05, 3.63) is 0 Å². The highest BCUT2D eigenvalue weighted by Gasteiger charge is 2.19. The van der Waals surface area contributed by atoms with Crippen molar-refractivity contribution in [2.24, 2.45) is 11.8 Å². The number of hydrogen-bond acceptors (Lipinski definition) is 6. The summed E-state index contributed by atoms with van der Waals surface area (Å²) in [6.45, 7) is 11.4. The Morgan fingerprint density at radius 1 is 0.311 bits per heavy atom. The number of rotatable bonds is 49. The second kappa shape index (κ2) is 47.9. The Kier molecular flexibility index (Phi) is 46.6. The SMILES string of the molecule is CCCCCCCCCCCCCCCCCCC(=O)OC[C@@H](COC(=O)CCCCCCCCCCCC(C)C)OC(=O)CCCCCCCCCCCCCCC(C)C. The van der Waals surface area contributed by atoms with E-state index in [1.54, 1.807) is 0 Å². The maximum Gasteiger partial charge on any atom is 0.306 e. The average molecular weight is 863 g/mol. The molecule has 0 aliphatic heterocycles. The topological polar surface area (TPSA) is 78.9 Å². The molecule has 0 aliphatic rings. The first kappa shape index (κ1) is 59.4. The monoisotopic (exact) mass is 863 g/mol. The van der Waals surface area contributed by atoms with E-state index in [9.17, 15) is 14.4 Å². The molecule has 1 atom stereocenters. The normalized spacial score (nSPS) is 12.0. The minimum absolute atomic E-state index is 0.0634. The van der Waals surface area contributed by atoms with Crippen LogP contribution in [0.1, 0.15) is 304 Å². The summed E-state index contributed by atoms with van der Waals surface area (Å²) in [5.74, 6) is 0.795. The summed E-state index contributed by atoms with van der Waals surface area (Å²) < 4.78 is 16.8. The molecule has 61 heavy (non-hydrogen) atoms. The van der Waals surface area contributed by atoms with E-state index in [1.807, 2.05) is 0 Å². The summed E-state index contributed by atoms with van der Waals surface area (Å²) in [7, 11) is 0. The molecule has 0 aromatic rings. The first-order valence-corrected chi connectivity index (χ1v) is 27.2. The van der Waals surface area contributed by atoms with Gasteiger partial charge in [-0.25, -0.2) is 0 Å². The van der Waals surface area contributed by atoms with Gasteiger partial charge in [-0.15, -0.1) is 0 Å². The summed E-state index contributed by atoms with van der Waals surface area (Å²) in [6, 6.07) is 0. The Labute approximate surface area is 380 Å². The number of carbonyl (C=O) groups is 3. The van der Waals surface area contributed by atoms with Crippen LogP contribution in [0.5, 0.6) is 0 Å². The van der Waals surface area contributed by atoms with Gasteiger partial charge in [0.05, 0.1) is 0 Å². The molecule has 0 bridgehead atoms. The van der Waals surface area contributed by atoms with Crippen molar-refractivity contribution >= 4 is 17.9 Å². The highest BCUT2D eigenvalue weighted by Crippen LogP contribution is 2.18. The molecule has 0 saturated heterocycles. The van der Waals surface area contributed by atoms with Crippen molar-refractivity contribution in [3.63, 3.8) is 0 Å². The highest BCUT2D eigenvalue weighted by molar-refractivity contribution is 5.71. The number of esters is 3. The zero-order chi connectivity index (χ0) is 44.7. The van der Waals surface area contributed by atoms with Crippen molar-refractivity contribution in [3.8, 4) is 0 Å². The van der Waals surface area contributed by atoms with Gasteiger partial charge in [-0.05, 0) is 31.1 Å². The first-order valence-electron chi connectivity index (χ1n) is 27.2. The maximum absolute atomic E-state index is 12.8. The van der Waals surface area contributed by atoms with Gasteiger partial charge in [0.15, 0.2) is 6.10 Å². The van der Waals surface area contributed by atoms with E-state index in [-0.39, 0.29) is 31.1 Å². The van der Waals surface area contributed by atoms with Gasteiger partial charge in [-0.1, -0.05) is 266 Å². The Morgan fingerprint density at radius 2 is 0.541 bits per heavy atom. The molecule has 0 N–H and O–H groups in total. The summed E-state index contributed by atoms with van der Waals surface area (Å²) >= 11 is 0. The van der Waals surface area contributed by atoms with Crippen LogP contribution in [0.4, 0.5) is 0 Å². The van der Waals surface area contributed by atoms with Gasteiger partial charge in [0.2, 0.25) is 0 Å². The molecule has 0 radical (unpaired) electrons. The van der Waals surface area contributed by atoms with Crippen LogP contribution >= 0.6 is 0 Å². The largest absolute Gasteiger partial charge is 0.462 e. The van der Waals surface area contributed by atoms with Gasteiger partial charge in [-0.3, -0.25) is 14.4 Å². The van der Waals surface area contributed by atoms with Crippen molar-refractivity contribution in [1.29, 1.82) is 0 Å². The van der Waals surface area contributed by atoms with Gasteiger partial charge in [-0.2, -0.15) is 0 Å². The van der Waals surface area contributed by atoms with Crippen molar-refractivity contribution < 1.29 is 28.6 Å². The second-order valence-electron chi connectivity index (χ2n) is 19.8. The third-order valence-corrected chi connectivity index (χ3v) is 12.5. The summed E-state index contributed by atoms with van der Waals surface area (Å²) in [6.07, 6.45) is 49.5. The summed E-state index contributed by atoms with van der Waals surface area (Å²) in [4.78, 5) is 38.0. The fraction of sp³-hybridized carbons (Fsp3) is 0.945. The Hall–Kier alpha value is -1.59. The standard InChI is InChI=1S/C55H106O6/c1-6-7-8-9-10-11-12-13-14-15-16-20-25-30-35-40-45-53(56)59-48-52(49-60-54(57)46-41-36-31-27-22-24-29-34-39-44-51(4)5)61-55(58)47-42-37-32-26-21-18-17-19-23-28-33-38-43-50(2)3/h50-52H,6-49H2,1-5H3/t52-/m0/s1. The van der Waals surface area contributed by atoms with E-state index in [1.165, 1.54) is 193 Å². The fourth-order valence-electron chi connectivity index (χ4n) is 8.34. The number of hydrogen-bond donors (Lipinski definition) is 0. The molecule has 362 valence electrons. The van der Waals surface area contributed by atoms with E-state index in [0.717, 1.165) is 69.6 Å². The van der Waals surface area contributed by atoms with Crippen molar-refractivity contribution in [1.82, 2.24) is 0 Å².